The molecule has 0 saturated heterocycles. The van der Waals surface area contributed by atoms with Gasteiger partial charge in [0.1, 0.15) is 5.75 Å². The van der Waals surface area contributed by atoms with E-state index >= 15 is 0 Å². The summed E-state index contributed by atoms with van der Waals surface area (Å²) in [5.41, 5.74) is 1.21. The minimum absolute atomic E-state index is 0.603. The van der Waals surface area contributed by atoms with Gasteiger partial charge in [-0.05, 0) is 18.9 Å². The molecule has 1 aromatic rings. The number of hydrogen-bond donors (Lipinski definition) is 0. The van der Waals surface area contributed by atoms with Crippen molar-refractivity contribution in [2.24, 2.45) is 0 Å². The smallest absolute Gasteiger partial charge is 0.123 e. The molecule has 0 radical (unpaired) electrons. The zero-order valence-corrected chi connectivity index (χ0v) is 10.2. The molecule has 0 aromatic heterocycles. The number of rotatable bonds is 6. The van der Waals surface area contributed by atoms with Crippen LogP contribution in [0.2, 0.25) is 0 Å². The zero-order chi connectivity index (χ0) is 12.1. The molecular formula is C14H18N2O. The first-order valence-electron chi connectivity index (χ1n) is 6.08. The molecule has 0 aliphatic heterocycles. The van der Waals surface area contributed by atoms with E-state index in [-0.39, 0.29) is 0 Å². The largest absolute Gasteiger partial charge is 0.496 e. The number of ether oxygens (including phenoxy) is 1. The summed E-state index contributed by atoms with van der Waals surface area (Å²) in [4.78, 5) is 2.39. The molecule has 1 fully saturated rings. The summed E-state index contributed by atoms with van der Waals surface area (Å²) >= 11 is 0. The van der Waals surface area contributed by atoms with E-state index in [4.69, 9.17) is 10.00 Å². The van der Waals surface area contributed by atoms with Crippen LogP contribution in [0.15, 0.2) is 24.3 Å². The molecule has 1 aliphatic carbocycles. The molecule has 1 saturated carbocycles. The van der Waals surface area contributed by atoms with Crippen LogP contribution in [-0.2, 0) is 6.54 Å². The lowest BCUT2D eigenvalue weighted by Gasteiger charge is -2.21. The van der Waals surface area contributed by atoms with Crippen LogP contribution in [0.5, 0.6) is 5.75 Å². The summed E-state index contributed by atoms with van der Waals surface area (Å²) in [6.07, 6.45) is 3.13. The summed E-state index contributed by atoms with van der Waals surface area (Å²) in [5, 5.41) is 8.68. The van der Waals surface area contributed by atoms with Crippen molar-refractivity contribution < 1.29 is 4.74 Å². The third kappa shape index (κ3) is 3.21. The van der Waals surface area contributed by atoms with Crippen molar-refractivity contribution in [3.63, 3.8) is 0 Å². The van der Waals surface area contributed by atoms with Crippen molar-refractivity contribution in [3.05, 3.63) is 29.8 Å². The van der Waals surface area contributed by atoms with Crippen LogP contribution in [0.25, 0.3) is 0 Å². The van der Waals surface area contributed by atoms with Crippen molar-refractivity contribution in [1.82, 2.24) is 4.90 Å². The average molecular weight is 230 g/mol. The van der Waals surface area contributed by atoms with Gasteiger partial charge in [0.2, 0.25) is 0 Å². The Kier molecular flexibility index (Phi) is 4.00. The van der Waals surface area contributed by atoms with Crippen molar-refractivity contribution in [1.29, 1.82) is 5.26 Å². The van der Waals surface area contributed by atoms with Crippen LogP contribution in [0, 0.1) is 11.3 Å². The minimum Gasteiger partial charge on any atom is -0.496 e. The number of para-hydroxylation sites is 1. The first kappa shape index (κ1) is 11.9. The fraction of sp³-hybridized carbons (Fsp3) is 0.500. The Bertz CT molecular complexity index is 407. The number of nitrogens with zero attached hydrogens (tertiary/aromatic N) is 2. The van der Waals surface area contributed by atoms with Gasteiger partial charge in [-0.15, -0.1) is 0 Å². The van der Waals surface area contributed by atoms with Crippen molar-refractivity contribution in [2.45, 2.75) is 31.8 Å². The van der Waals surface area contributed by atoms with Crippen LogP contribution in [0.1, 0.15) is 24.8 Å². The molecule has 17 heavy (non-hydrogen) atoms. The quantitative estimate of drug-likeness (QED) is 0.753. The molecular weight excluding hydrogens is 212 g/mol. The Hall–Kier alpha value is -1.53. The first-order valence-corrected chi connectivity index (χ1v) is 6.08. The number of methoxy groups -OCH3 is 1. The topological polar surface area (TPSA) is 36.3 Å². The maximum Gasteiger partial charge on any atom is 0.123 e. The van der Waals surface area contributed by atoms with Gasteiger partial charge in [-0.3, -0.25) is 4.90 Å². The molecule has 0 spiro atoms. The molecule has 0 amide bonds. The summed E-state index contributed by atoms with van der Waals surface area (Å²) in [5.74, 6) is 0.940. The van der Waals surface area contributed by atoms with E-state index in [1.165, 1.54) is 18.4 Å². The average Bonchev–Trinajstić information content (AvgIpc) is 3.19. The highest BCUT2D eigenvalue weighted by Gasteiger charge is 2.28. The number of hydrogen-bond acceptors (Lipinski definition) is 3. The van der Waals surface area contributed by atoms with Gasteiger partial charge in [0, 0.05) is 31.1 Å². The monoisotopic (exact) mass is 230 g/mol. The second-order valence-corrected chi connectivity index (χ2v) is 4.42. The third-order valence-electron chi connectivity index (χ3n) is 3.14. The standard InChI is InChI=1S/C14H18N2O/c1-17-14-6-3-2-5-12(14)11-16(10-4-9-15)13-7-8-13/h2-3,5-6,13H,4,7-8,10-11H2,1H3. The normalized spacial score (nSPS) is 14.6. The Morgan fingerprint density at radius 3 is 2.82 bits per heavy atom. The first-order chi connectivity index (χ1) is 8.35. The Morgan fingerprint density at radius 2 is 2.18 bits per heavy atom. The lowest BCUT2D eigenvalue weighted by Crippen LogP contribution is -2.26. The number of nitriles is 1. The van der Waals surface area contributed by atoms with E-state index in [9.17, 15) is 0 Å². The highest BCUT2D eigenvalue weighted by Crippen LogP contribution is 2.30. The van der Waals surface area contributed by atoms with Gasteiger partial charge in [-0.1, -0.05) is 18.2 Å². The fourth-order valence-corrected chi connectivity index (χ4v) is 2.08. The summed E-state index contributed by atoms with van der Waals surface area (Å²) in [6, 6.07) is 11.0. The second kappa shape index (κ2) is 5.70. The Balaban J connectivity index is 2.03. The maximum atomic E-state index is 8.68. The predicted octanol–water partition coefficient (Wildman–Crippen LogP) is 2.57. The minimum atomic E-state index is 0.603. The Morgan fingerprint density at radius 1 is 1.41 bits per heavy atom. The summed E-state index contributed by atoms with van der Waals surface area (Å²) in [7, 11) is 1.70. The van der Waals surface area contributed by atoms with Gasteiger partial charge >= 0.3 is 0 Å². The highest BCUT2D eigenvalue weighted by molar-refractivity contribution is 5.33. The van der Waals surface area contributed by atoms with E-state index in [0.717, 1.165) is 18.8 Å². The molecule has 0 N–H and O–H groups in total. The van der Waals surface area contributed by atoms with E-state index in [1.807, 2.05) is 18.2 Å². The maximum absolute atomic E-state index is 8.68. The van der Waals surface area contributed by atoms with Crippen LogP contribution in [0.3, 0.4) is 0 Å². The molecule has 2 rings (SSSR count). The van der Waals surface area contributed by atoms with Gasteiger partial charge in [0.05, 0.1) is 13.2 Å². The van der Waals surface area contributed by atoms with Crippen LogP contribution in [-0.4, -0.2) is 24.6 Å². The molecule has 0 atom stereocenters. The molecule has 3 heteroatoms. The molecule has 0 heterocycles. The van der Waals surface area contributed by atoms with Gasteiger partial charge in [0.15, 0.2) is 0 Å². The third-order valence-corrected chi connectivity index (χ3v) is 3.14. The van der Waals surface area contributed by atoms with Gasteiger partial charge in [0.25, 0.3) is 0 Å². The second-order valence-electron chi connectivity index (χ2n) is 4.42. The van der Waals surface area contributed by atoms with Crippen molar-refractivity contribution in [3.8, 4) is 11.8 Å². The highest BCUT2D eigenvalue weighted by atomic mass is 16.5. The van der Waals surface area contributed by atoms with Crippen molar-refractivity contribution >= 4 is 0 Å². The van der Waals surface area contributed by atoms with Gasteiger partial charge in [-0.2, -0.15) is 5.26 Å². The van der Waals surface area contributed by atoms with Crippen molar-refractivity contribution in [2.75, 3.05) is 13.7 Å². The molecule has 0 unspecified atom stereocenters. The molecule has 1 aromatic carbocycles. The van der Waals surface area contributed by atoms with Gasteiger partial charge in [-0.25, -0.2) is 0 Å². The SMILES string of the molecule is COc1ccccc1CN(CCC#N)C1CC1. The van der Waals surface area contributed by atoms with E-state index in [1.54, 1.807) is 7.11 Å². The lowest BCUT2D eigenvalue weighted by molar-refractivity contribution is 0.256. The molecule has 1 aliphatic rings. The summed E-state index contributed by atoms with van der Waals surface area (Å²) in [6.45, 7) is 1.75. The van der Waals surface area contributed by atoms with E-state index in [0.29, 0.717) is 12.5 Å². The van der Waals surface area contributed by atoms with E-state index < -0.39 is 0 Å². The van der Waals surface area contributed by atoms with Gasteiger partial charge < -0.3 is 4.74 Å². The molecule has 0 bridgehead atoms. The fourth-order valence-electron chi connectivity index (χ4n) is 2.08. The predicted molar refractivity (Wildman–Crippen MR) is 66.7 cm³/mol. The summed E-state index contributed by atoms with van der Waals surface area (Å²) < 4.78 is 5.36. The van der Waals surface area contributed by atoms with Crippen LogP contribution >= 0.6 is 0 Å². The Labute approximate surface area is 103 Å². The van der Waals surface area contributed by atoms with E-state index in [2.05, 4.69) is 17.0 Å². The lowest BCUT2D eigenvalue weighted by atomic mass is 10.2. The molecule has 90 valence electrons. The van der Waals surface area contributed by atoms with Crippen LogP contribution in [0.4, 0.5) is 0 Å². The molecule has 3 nitrogen and oxygen atoms in total. The van der Waals surface area contributed by atoms with Crippen LogP contribution < -0.4 is 4.74 Å². The zero-order valence-electron chi connectivity index (χ0n) is 10.2. The number of benzene rings is 1.